The van der Waals surface area contributed by atoms with Crippen molar-refractivity contribution in [3.63, 3.8) is 0 Å². The van der Waals surface area contributed by atoms with Gasteiger partial charge < -0.3 is 10.1 Å². The average Bonchev–Trinajstić information content (AvgIpc) is 2.50. The van der Waals surface area contributed by atoms with Crippen molar-refractivity contribution >= 4 is 0 Å². The summed E-state index contributed by atoms with van der Waals surface area (Å²) in [6.07, 6.45) is 0.230. The van der Waals surface area contributed by atoms with Crippen molar-refractivity contribution in [3.05, 3.63) is 71.3 Å². The molecule has 2 heteroatoms. The van der Waals surface area contributed by atoms with E-state index in [2.05, 4.69) is 67.7 Å². The van der Waals surface area contributed by atoms with Crippen LogP contribution in [0.2, 0.25) is 0 Å². The number of rotatable bonds is 2. The largest absolute Gasteiger partial charge is 0.363 e. The highest BCUT2D eigenvalue weighted by Gasteiger charge is 2.29. The van der Waals surface area contributed by atoms with E-state index in [4.69, 9.17) is 4.74 Å². The maximum absolute atomic E-state index is 6.35. The van der Waals surface area contributed by atoms with Gasteiger partial charge in [0.1, 0.15) is 0 Å². The van der Waals surface area contributed by atoms with Crippen LogP contribution in [-0.2, 0) is 4.74 Å². The van der Waals surface area contributed by atoms with E-state index < -0.39 is 0 Å². The molecule has 1 aliphatic rings. The lowest BCUT2D eigenvalue weighted by Crippen LogP contribution is -2.43. The first-order valence-electron chi connectivity index (χ1n) is 7.24. The van der Waals surface area contributed by atoms with Gasteiger partial charge in [0.25, 0.3) is 0 Å². The molecule has 0 bridgehead atoms. The highest BCUT2D eigenvalue weighted by Crippen LogP contribution is 2.32. The summed E-state index contributed by atoms with van der Waals surface area (Å²) < 4.78 is 6.35. The Balaban J connectivity index is 1.82. The Bertz CT molecular complexity index is 549. The van der Waals surface area contributed by atoms with E-state index in [1.807, 2.05) is 6.07 Å². The van der Waals surface area contributed by atoms with Gasteiger partial charge in [0.2, 0.25) is 0 Å². The summed E-state index contributed by atoms with van der Waals surface area (Å²) >= 11 is 0. The van der Waals surface area contributed by atoms with Crippen molar-refractivity contribution in [1.29, 1.82) is 0 Å². The lowest BCUT2D eigenvalue weighted by molar-refractivity contribution is -0.0632. The zero-order valence-corrected chi connectivity index (χ0v) is 12.0. The molecule has 0 radical (unpaired) electrons. The van der Waals surface area contributed by atoms with Crippen LogP contribution >= 0.6 is 0 Å². The summed E-state index contributed by atoms with van der Waals surface area (Å²) in [6.45, 7) is 5.17. The van der Waals surface area contributed by atoms with Gasteiger partial charge in [0.05, 0.1) is 12.2 Å². The molecular formula is C18H21NO. The van der Waals surface area contributed by atoms with Gasteiger partial charge >= 0.3 is 0 Å². The van der Waals surface area contributed by atoms with Crippen molar-refractivity contribution < 1.29 is 4.74 Å². The normalized spacial score (nSPS) is 26.4. The van der Waals surface area contributed by atoms with Gasteiger partial charge in [-0.15, -0.1) is 0 Å². The average molecular weight is 267 g/mol. The van der Waals surface area contributed by atoms with Crippen LogP contribution in [0.1, 0.15) is 35.8 Å². The minimum absolute atomic E-state index is 0.106. The van der Waals surface area contributed by atoms with Crippen LogP contribution in [0.15, 0.2) is 54.6 Å². The van der Waals surface area contributed by atoms with Crippen molar-refractivity contribution in [3.8, 4) is 0 Å². The summed E-state index contributed by atoms with van der Waals surface area (Å²) in [7, 11) is 0. The van der Waals surface area contributed by atoms with Gasteiger partial charge in [-0.1, -0.05) is 60.2 Å². The Morgan fingerprint density at radius 1 is 0.950 bits per heavy atom. The molecule has 2 nitrogen and oxygen atoms in total. The number of hydrogen-bond donors (Lipinski definition) is 1. The van der Waals surface area contributed by atoms with Crippen LogP contribution in [0, 0.1) is 6.92 Å². The number of morpholine rings is 1. The number of aryl methyl sites for hydroxylation is 1. The second kappa shape index (κ2) is 5.78. The second-order valence-electron chi connectivity index (χ2n) is 5.56. The molecule has 1 N–H and O–H groups in total. The Labute approximate surface area is 120 Å². The summed E-state index contributed by atoms with van der Waals surface area (Å²) in [5.74, 6) is 0. The fourth-order valence-corrected chi connectivity index (χ4v) is 2.73. The molecule has 2 aromatic carbocycles. The monoisotopic (exact) mass is 267 g/mol. The summed E-state index contributed by atoms with van der Waals surface area (Å²) in [5.41, 5.74) is 3.77. The molecule has 1 saturated heterocycles. The lowest BCUT2D eigenvalue weighted by Gasteiger charge is -2.36. The molecule has 1 fully saturated rings. The SMILES string of the molecule is Cc1ccc(C2OC(c3ccccc3)CNC2C)cc1. The highest BCUT2D eigenvalue weighted by atomic mass is 16.5. The Hall–Kier alpha value is -1.64. The van der Waals surface area contributed by atoms with Crippen molar-refractivity contribution in [2.24, 2.45) is 0 Å². The van der Waals surface area contributed by atoms with Gasteiger partial charge in [-0.25, -0.2) is 0 Å². The molecule has 20 heavy (non-hydrogen) atoms. The smallest absolute Gasteiger partial charge is 0.0984 e. The van der Waals surface area contributed by atoms with E-state index in [1.54, 1.807) is 0 Å². The molecule has 1 heterocycles. The Kier molecular flexibility index (Phi) is 3.86. The summed E-state index contributed by atoms with van der Waals surface area (Å²) in [6, 6.07) is 19.4. The van der Waals surface area contributed by atoms with Crippen LogP contribution in [0.5, 0.6) is 0 Å². The lowest BCUT2D eigenvalue weighted by atomic mass is 9.98. The molecular weight excluding hydrogens is 246 g/mol. The van der Waals surface area contributed by atoms with Gasteiger partial charge in [-0.2, -0.15) is 0 Å². The zero-order chi connectivity index (χ0) is 13.9. The van der Waals surface area contributed by atoms with E-state index >= 15 is 0 Å². The highest BCUT2D eigenvalue weighted by molar-refractivity contribution is 5.26. The molecule has 1 aliphatic heterocycles. The van der Waals surface area contributed by atoms with Gasteiger partial charge in [-0.05, 0) is 25.0 Å². The van der Waals surface area contributed by atoms with Crippen LogP contribution in [-0.4, -0.2) is 12.6 Å². The Morgan fingerprint density at radius 2 is 1.65 bits per heavy atom. The number of ether oxygens (including phenoxy) is 1. The van der Waals surface area contributed by atoms with E-state index in [9.17, 15) is 0 Å². The first kappa shape index (κ1) is 13.3. The third kappa shape index (κ3) is 2.77. The molecule has 0 aromatic heterocycles. The fraction of sp³-hybridized carbons (Fsp3) is 0.333. The quantitative estimate of drug-likeness (QED) is 0.894. The molecule has 0 spiro atoms. The van der Waals surface area contributed by atoms with Crippen LogP contribution in [0.25, 0.3) is 0 Å². The van der Waals surface area contributed by atoms with E-state index in [1.165, 1.54) is 16.7 Å². The maximum atomic E-state index is 6.35. The van der Waals surface area contributed by atoms with Crippen LogP contribution in [0.3, 0.4) is 0 Å². The van der Waals surface area contributed by atoms with E-state index in [0.29, 0.717) is 6.04 Å². The molecule has 0 aliphatic carbocycles. The topological polar surface area (TPSA) is 21.3 Å². The van der Waals surface area contributed by atoms with Gasteiger partial charge in [0.15, 0.2) is 0 Å². The number of benzene rings is 2. The number of nitrogens with one attached hydrogen (secondary N) is 1. The van der Waals surface area contributed by atoms with Gasteiger partial charge in [-0.3, -0.25) is 0 Å². The summed E-state index contributed by atoms with van der Waals surface area (Å²) in [5, 5.41) is 3.57. The molecule has 104 valence electrons. The predicted octanol–water partition coefficient (Wildman–Crippen LogP) is 3.79. The Morgan fingerprint density at radius 3 is 2.35 bits per heavy atom. The van der Waals surface area contributed by atoms with Gasteiger partial charge in [0, 0.05) is 12.6 Å². The minimum atomic E-state index is 0.106. The first-order chi connectivity index (χ1) is 9.74. The van der Waals surface area contributed by atoms with Crippen molar-refractivity contribution in [2.45, 2.75) is 32.1 Å². The molecule has 3 atom stereocenters. The van der Waals surface area contributed by atoms with Crippen molar-refractivity contribution in [2.75, 3.05) is 6.54 Å². The molecule has 0 saturated carbocycles. The third-order valence-electron chi connectivity index (χ3n) is 3.97. The predicted molar refractivity (Wildman–Crippen MR) is 81.7 cm³/mol. The number of hydrogen-bond acceptors (Lipinski definition) is 2. The third-order valence-corrected chi connectivity index (χ3v) is 3.97. The first-order valence-corrected chi connectivity index (χ1v) is 7.24. The summed E-state index contributed by atoms with van der Waals surface area (Å²) in [4.78, 5) is 0. The molecule has 0 amide bonds. The van der Waals surface area contributed by atoms with E-state index in [-0.39, 0.29) is 12.2 Å². The molecule has 3 unspecified atom stereocenters. The minimum Gasteiger partial charge on any atom is -0.363 e. The van der Waals surface area contributed by atoms with Crippen LogP contribution in [0.4, 0.5) is 0 Å². The molecule has 2 aromatic rings. The van der Waals surface area contributed by atoms with E-state index in [0.717, 1.165) is 6.54 Å². The second-order valence-corrected chi connectivity index (χ2v) is 5.56. The molecule has 3 rings (SSSR count). The van der Waals surface area contributed by atoms with Crippen molar-refractivity contribution in [1.82, 2.24) is 5.32 Å². The van der Waals surface area contributed by atoms with Crippen LogP contribution < -0.4 is 5.32 Å². The standard InChI is InChI=1S/C18H21NO/c1-13-8-10-16(11-9-13)18-14(2)19-12-17(20-18)15-6-4-3-5-7-15/h3-11,14,17-19H,12H2,1-2H3. The fourth-order valence-electron chi connectivity index (χ4n) is 2.73. The zero-order valence-electron chi connectivity index (χ0n) is 12.0. The maximum Gasteiger partial charge on any atom is 0.0984 e.